The van der Waals surface area contributed by atoms with Gasteiger partial charge in [0.2, 0.25) is 11.7 Å². The van der Waals surface area contributed by atoms with Crippen LogP contribution in [-0.4, -0.2) is 32.1 Å². The third-order valence-corrected chi connectivity index (χ3v) is 3.36. The molecule has 1 aliphatic rings. The number of nitrogens with two attached hydrogens (primary N) is 1. The van der Waals surface area contributed by atoms with Crippen LogP contribution in [0.4, 0.5) is 0 Å². The zero-order valence-corrected chi connectivity index (χ0v) is 9.33. The third-order valence-electron chi connectivity index (χ3n) is 3.36. The second kappa shape index (κ2) is 4.25. The average Bonchev–Trinajstić information content (AvgIpc) is 3.09. The molecule has 1 aliphatic carbocycles. The van der Waals surface area contributed by atoms with Crippen LogP contribution < -0.4 is 5.73 Å². The van der Waals surface area contributed by atoms with Gasteiger partial charge >= 0.3 is 0 Å². The monoisotopic (exact) mass is 234 g/mol. The first-order valence-electron chi connectivity index (χ1n) is 5.78. The Hall–Kier alpha value is -1.76. The van der Waals surface area contributed by atoms with E-state index in [0.29, 0.717) is 35.8 Å². The van der Waals surface area contributed by atoms with Crippen LogP contribution in [-0.2, 0) is 0 Å². The lowest BCUT2D eigenvalue weighted by atomic mass is 9.96. The molecule has 0 spiro atoms. The molecule has 1 fully saturated rings. The van der Waals surface area contributed by atoms with Gasteiger partial charge in [-0.25, -0.2) is 0 Å². The maximum atomic E-state index is 5.75. The van der Waals surface area contributed by atoms with Crippen molar-refractivity contribution in [3.8, 4) is 11.5 Å². The highest BCUT2D eigenvalue weighted by molar-refractivity contribution is 5.44. The van der Waals surface area contributed by atoms with Gasteiger partial charge in [0.25, 0.3) is 0 Å². The Morgan fingerprint density at radius 3 is 3.18 bits per heavy atom. The Balaban J connectivity index is 1.85. The summed E-state index contributed by atoms with van der Waals surface area (Å²) >= 11 is 0. The number of nitrogens with zero attached hydrogens (tertiary/aromatic N) is 4. The normalized spacial score (nSPS) is 24.3. The smallest absolute Gasteiger partial charge is 0.230 e. The highest BCUT2D eigenvalue weighted by Crippen LogP contribution is 2.38. The number of H-pyrrole nitrogens is 1. The van der Waals surface area contributed by atoms with Crippen LogP contribution in [0.25, 0.3) is 11.5 Å². The quantitative estimate of drug-likeness (QED) is 0.809. The third kappa shape index (κ3) is 1.82. The van der Waals surface area contributed by atoms with Crippen molar-refractivity contribution in [3.05, 3.63) is 12.1 Å². The van der Waals surface area contributed by atoms with Crippen molar-refractivity contribution >= 4 is 0 Å². The Morgan fingerprint density at radius 1 is 1.47 bits per heavy atom. The molecule has 1 saturated carbocycles. The molecule has 0 bridgehead atoms. The minimum Gasteiger partial charge on any atom is -0.339 e. The maximum Gasteiger partial charge on any atom is 0.230 e. The van der Waals surface area contributed by atoms with Crippen molar-refractivity contribution in [1.82, 2.24) is 25.6 Å². The molecule has 2 atom stereocenters. The summed E-state index contributed by atoms with van der Waals surface area (Å²) in [5, 5.41) is 14.1. The zero-order valence-electron chi connectivity index (χ0n) is 9.33. The van der Waals surface area contributed by atoms with E-state index < -0.39 is 0 Å². The Kier molecular flexibility index (Phi) is 2.60. The molecule has 7 nitrogen and oxygen atoms in total. The molecule has 0 aromatic carbocycles. The van der Waals surface area contributed by atoms with Crippen LogP contribution in [0.5, 0.6) is 0 Å². The minimum absolute atomic E-state index is 0.299. The van der Waals surface area contributed by atoms with Gasteiger partial charge in [-0.2, -0.15) is 20.4 Å². The van der Waals surface area contributed by atoms with Crippen LogP contribution in [0.15, 0.2) is 10.7 Å². The summed E-state index contributed by atoms with van der Waals surface area (Å²) in [5.74, 6) is 1.92. The second-order valence-electron chi connectivity index (χ2n) is 4.34. The van der Waals surface area contributed by atoms with Crippen molar-refractivity contribution in [2.24, 2.45) is 11.7 Å². The molecular weight excluding hydrogens is 220 g/mol. The van der Waals surface area contributed by atoms with E-state index in [1.807, 2.05) is 0 Å². The largest absolute Gasteiger partial charge is 0.339 e. The molecule has 2 unspecified atom stereocenters. The van der Waals surface area contributed by atoms with Gasteiger partial charge in [-0.05, 0) is 25.3 Å². The number of hydrogen-bond acceptors (Lipinski definition) is 6. The summed E-state index contributed by atoms with van der Waals surface area (Å²) in [6.07, 6.45) is 4.96. The minimum atomic E-state index is 0.299. The van der Waals surface area contributed by atoms with E-state index in [2.05, 4.69) is 25.6 Å². The number of nitrogens with one attached hydrogen (secondary N) is 1. The van der Waals surface area contributed by atoms with Crippen LogP contribution >= 0.6 is 0 Å². The number of aromatic nitrogens is 5. The van der Waals surface area contributed by atoms with Crippen molar-refractivity contribution < 1.29 is 4.52 Å². The van der Waals surface area contributed by atoms with Crippen LogP contribution in [0.2, 0.25) is 0 Å². The van der Waals surface area contributed by atoms with E-state index in [4.69, 9.17) is 10.3 Å². The average molecular weight is 234 g/mol. The van der Waals surface area contributed by atoms with Gasteiger partial charge in [-0.15, -0.1) is 0 Å². The molecule has 0 radical (unpaired) electrons. The SMILES string of the molecule is NCC1CCCC1c1nc(-c2cn[nH]n2)no1. The van der Waals surface area contributed by atoms with Crippen molar-refractivity contribution in [2.75, 3.05) is 6.54 Å². The predicted octanol–water partition coefficient (Wildman–Crippen LogP) is 0.697. The fraction of sp³-hybridized carbons (Fsp3) is 0.600. The van der Waals surface area contributed by atoms with E-state index in [9.17, 15) is 0 Å². The summed E-state index contributed by atoms with van der Waals surface area (Å²) in [6, 6.07) is 0. The standard InChI is InChI=1S/C10H14N6O/c11-4-6-2-1-3-7(6)10-13-9(15-17-10)8-5-12-16-14-8/h5-7H,1-4,11H2,(H,12,14,16). The number of rotatable bonds is 3. The summed E-state index contributed by atoms with van der Waals surface area (Å²) in [5.41, 5.74) is 6.35. The lowest BCUT2D eigenvalue weighted by Gasteiger charge is -2.12. The molecule has 90 valence electrons. The number of hydrogen-bond donors (Lipinski definition) is 2. The van der Waals surface area contributed by atoms with Gasteiger partial charge in [0.15, 0.2) is 5.69 Å². The summed E-state index contributed by atoms with van der Waals surface area (Å²) < 4.78 is 5.31. The first-order valence-corrected chi connectivity index (χ1v) is 5.78. The molecule has 0 aliphatic heterocycles. The lowest BCUT2D eigenvalue weighted by molar-refractivity contribution is 0.326. The van der Waals surface area contributed by atoms with Gasteiger partial charge in [-0.3, -0.25) is 0 Å². The molecule has 7 heteroatoms. The highest BCUT2D eigenvalue weighted by Gasteiger charge is 2.32. The van der Waals surface area contributed by atoms with E-state index >= 15 is 0 Å². The van der Waals surface area contributed by atoms with E-state index in [1.54, 1.807) is 6.20 Å². The molecule has 2 aromatic rings. The van der Waals surface area contributed by atoms with Gasteiger partial charge < -0.3 is 10.3 Å². The fourth-order valence-electron chi connectivity index (χ4n) is 2.44. The summed E-state index contributed by atoms with van der Waals surface area (Å²) in [7, 11) is 0. The molecule has 3 N–H and O–H groups in total. The van der Waals surface area contributed by atoms with Gasteiger partial charge in [0, 0.05) is 5.92 Å². The predicted molar refractivity (Wildman–Crippen MR) is 58.8 cm³/mol. The second-order valence-corrected chi connectivity index (χ2v) is 4.34. The molecular formula is C10H14N6O. The van der Waals surface area contributed by atoms with Gasteiger partial charge in [-0.1, -0.05) is 11.6 Å². The Morgan fingerprint density at radius 2 is 2.41 bits per heavy atom. The molecule has 2 heterocycles. The van der Waals surface area contributed by atoms with E-state index in [1.165, 1.54) is 6.42 Å². The van der Waals surface area contributed by atoms with Crippen molar-refractivity contribution in [1.29, 1.82) is 0 Å². The molecule has 3 rings (SSSR count). The van der Waals surface area contributed by atoms with Gasteiger partial charge in [0.05, 0.1) is 6.20 Å². The molecule has 17 heavy (non-hydrogen) atoms. The summed E-state index contributed by atoms with van der Waals surface area (Å²) in [6.45, 7) is 0.673. The molecule has 0 saturated heterocycles. The zero-order chi connectivity index (χ0) is 11.7. The fourth-order valence-corrected chi connectivity index (χ4v) is 2.44. The van der Waals surface area contributed by atoms with Crippen molar-refractivity contribution in [2.45, 2.75) is 25.2 Å². The summed E-state index contributed by atoms with van der Waals surface area (Å²) in [4.78, 5) is 4.38. The lowest BCUT2D eigenvalue weighted by Crippen LogP contribution is -2.17. The maximum absolute atomic E-state index is 5.75. The van der Waals surface area contributed by atoms with E-state index in [-0.39, 0.29) is 0 Å². The first kappa shape index (κ1) is 10.4. The molecule has 0 amide bonds. The molecule has 2 aromatic heterocycles. The van der Waals surface area contributed by atoms with Crippen LogP contribution in [0.1, 0.15) is 31.1 Å². The highest BCUT2D eigenvalue weighted by atomic mass is 16.5. The van der Waals surface area contributed by atoms with E-state index in [0.717, 1.165) is 12.8 Å². The Labute approximate surface area is 97.8 Å². The van der Waals surface area contributed by atoms with Crippen LogP contribution in [0.3, 0.4) is 0 Å². The number of aromatic amines is 1. The first-order chi connectivity index (χ1) is 8.38. The van der Waals surface area contributed by atoms with Gasteiger partial charge in [0.1, 0.15) is 0 Å². The van der Waals surface area contributed by atoms with Crippen LogP contribution in [0, 0.1) is 5.92 Å². The Bertz CT molecular complexity index is 479. The van der Waals surface area contributed by atoms with Crippen molar-refractivity contribution in [3.63, 3.8) is 0 Å². The topological polar surface area (TPSA) is 107 Å².